The fourth-order valence-corrected chi connectivity index (χ4v) is 3.34. The third kappa shape index (κ3) is 6.24. The van der Waals surface area contributed by atoms with Gasteiger partial charge in [0.05, 0.1) is 23.2 Å². The fraction of sp³-hybridized carbons (Fsp3) is 0.455. The van der Waals surface area contributed by atoms with Gasteiger partial charge in [0.1, 0.15) is 6.54 Å². The van der Waals surface area contributed by atoms with Gasteiger partial charge >= 0.3 is 0 Å². The van der Waals surface area contributed by atoms with Crippen LogP contribution >= 0.6 is 23.2 Å². The van der Waals surface area contributed by atoms with E-state index in [1.807, 2.05) is 43.8 Å². The van der Waals surface area contributed by atoms with Crippen molar-refractivity contribution in [1.29, 1.82) is 0 Å². The van der Waals surface area contributed by atoms with E-state index in [0.717, 1.165) is 12.1 Å². The summed E-state index contributed by atoms with van der Waals surface area (Å²) >= 11 is 12.1. The summed E-state index contributed by atoms with van der Waals surface area (Å²) in [7, 11) is 3.54. The fourth-order valence-electron chi connectivity index (χ4n) is 3.04. The molecule has 2 aromatic rings. The predicted molar refractivity (Wildman–Crippen MR) is 120 cm³/mol. The number of methoxy groups -OCH3 is 1. The summed E-state index contributed by atoms with van der Waals surface area (Å²) in [6, 6.07) is 8.55. The average Bonchev–Trinajstić information content (AvgIpc) is 3.14. The molecule has 0 aliphatic carbocycles. The van der Waals surface area contributed by atoms with Gasteiger partial charge in [-0.1, -0.05) is 30.1 Å². The van der Waals surface area contributed by atoms with E-state index in [0.29, 0.717) is 35.3 Å². The van der Waals surface area contributed by atoms with Gasteiger partial charge in [0.25, 0.3) is 5.91 Å². The van der Waals surface area contributed by atoms with Gasteiger partial charge in [-0.25, -0.2) is 0 Å². The minimum atomic E-state index is -0.248. The summed E-state index contributed by atoms with van der Waals surface area (Å²) < 4.78 is 7.15. The van der Waals surface area contributed by atoms with Crippen LogP contribution < -0.4 is 0 Å². The van der Waals surface area contributed by atoms with Crippen LogP contribution in [0.1, 0.15) is 36.3 Å². The van der Waals surface area contributed by atoms with Gasteiger partial charge in [-0.15, -0.1) is 0 Å². The monoisotopic (exact) mass is 453 g/mol. The van der Waals surface area contributed by atoms with E-state index in [4.69, 9.17) is 27.9 Å². The van der Waals surface area contributed by atoms with E-state index < -0.39 is 0 Å². The van der Waals surface area contributed by atoms with Gasteiger partial charge in [-0.3, -0.25) is 9.59 Å². The number of carbonyl (C=O) groups is 2. The molecule has 0 aliphatic heterocycles. The lowest BCUT2D eigenvalue weighted by Gasteiger charge is -2.31. The molecular formula is C22H29Cl2N3O3. The predicted octanol–water partition coefficient (Wildman–Crippen LogP) is 4.25. The molecule has 0 saturated carbocycles. The van der Waals surface area contributed by atoms with Gasteiger partial charge in [-0.2, -0.15) is 0 Å². The van der Waals surface area contributed by atoms with Gasteiger partial charge in [0.15, 0.2) is 0 Å². The lowest BCUT2D eigenvalue weighted by molar-refractivity contribution is -0.133. The standard InChI is InChI=1S/C22H29Cl2N3O3/c1-5-16(2)27(22(29)17-8-9-19(23)20(24)13-17)15-21(28)26(11-12-30-4)14-18-7-6-10-25(18)3/h6-10,13,16H,5,11-12,14-15H2,1-4H3. The Morgan fingerprint density at radius 1 is 1.20 bits per heavy atom. The zero-order chi connectivity index (χ0) is 22.3. The van der Waals surface area contributed by atoms with Crippen LogP contribution in [0.5, 0.6) is 0 Å². The summed E-state index contributed by atoms with van der Waals surface area (Å²) in [4.78, 5) is 29.7. The first-order chi connectivity index (χ1) is 14.3. The molecule has 1 atom stereocenters. The van der Waals surface area contributed by atoms with Crippen molar-refractivity contribution in [1.82, 2.24) is 14.4 Å². The van der Waals surface area contributed by atoms with E-state index in [1.165, 1.54) is 0 Å². The molecule has 1 unspecified atom stereocenters. The Kier molecular flexibility index (Phi) is 9.21. The molecule has 0 saturated heterocycles. The van der Waals surface area contributed by atoms with Crippen molar-refractivity contribution in [2.24, 2.45) is 7.05 Å². The number of carbonyl (C=O) groups excluding carboxylic acids is 2. The minimum absolute atomic E-state index is 0.0256. The molecule has 1 aromatic carbocycles. The van der Waals surface area contributed by atoms with Gasteiger partial charge in [0.2, 0.25) is 5.91 Å². The molecule has 2 amide bonds. The molecular weight excluding hydrogens is 425 g/mol. The number of amides is 2. The van der Waals surface area contributed by atoms with Crippen LogP contribution in [0.4, 0.5) is 0 Å². The molecule has 0 fully saturated rings. The number of benzene rings is 1. The van der Waals surface area contributed by atoms with E-state index in [1.54, 1.807) is 35.1 Å². The zero-order valence-electron chi connectivity index (χ0n) is 17.9. The van der Waals surface area contributed by atoms with E-state index in [9.17, 15) is 9.59 Å². The number of aryl methyl sites for hydroxylation is 1. The SMILES string of the molecule is CCC(C)N(CC(=O)N(CCOC)Cc1cccn1C)C(=O)c1ccc(Cl)c(Cl)c1. The average molecular weight is 454 g/mol. The first-order valence-electron chi connectivity index (χ1n) is 9.91. The van der Waals surface area contributed by atoms with Crippen LogP contribution in [0.15, 0.2) is 36.5 Å². The molecule has 6 nitrogen and oxygen atoms in total. The highest BCUT2D eigenvalue weighted by Crippen LogP contribution is 2.24. The number of hydrogen-bond donors (Lipinski definition) is 0. The van der Waals surface area contributed by atoms with Gasteiger partial charge < -0.3 is 19.1 Å². The molecule has 2 rings (SSSR count). The Morgan fingerprint density at radius 3 is 2.50 bits per heavy atom. The van der Waals surface area contributed by atoms with E-state index in [-0.39, 0.29) is 24.4 Å². The Bertz CT molecular complexity index is 869. The van der Waals surface area contributed by atoms with Crippen LogP contribution in [0.25, 0.3) is 0 Å². The summed E-state index contributed by atoms with van der Waals surface area (Å²) in [6.45, 7) is 5.19. The Hall–Kier alpha value is -2.02. The Morgan fingerprint density at radius 2 is 1.93 bits per heavy atom. The van der Waals surface area contributed by atoms with Crippen molar-refractivity contribution in [3.8, 4) is 0 Å². The molecule has 30 heavy (non-hydrogen) atoms. The quantitative estimate of drug-likeness (QED) is 0.540. The first-order valence-corrected chi connectivity index (χ1v) is 10.7. The molecule has 0 spiro atoms. The molecule has 0 N–H and O–H groups in total. The van der Waals surface area contributed by atoms with Crippen LogP contribution in [0.3, 0.4) is 0 Å². The number of ether oxygens (including phenoxy) is 1. The topological polar surface area (TPSA) is 54.8 Å². The lowest BCUT2D eigenvalue weighted by Crippen LogP contribution is -2.47. The molecule has 164 valence electrons. The summed E-state index contributed by atoms with van der Waals surface area (Å²) in [5, 5.41) is 0.691. The second-order valence-electron chi connectivity index (χ2n) is 7.24. The molecule has 0 aliphatic rings. The van der Waals surface area contributed by atoms with E-state index in [2.05, 4.69) is 0 Å². The molecule has 0 bridgehead atoms. The second-order valence-corrected chi connectivity index (χ2v) is 8.05. The Labute approximate surface area is 188 Å². The molecule has 8 heteroatoms. The number of hydrogen-bond acceptors (Lipinski definition) is 3. The third-order valence-electron chi connectivity index (χ3n) is 5.18. The van der Waals surface area contributed by atoms with Crippen molar-refractivity contribution in [3.63, 3.8) is 0 Å². The number of aromatic nitrogens is 1. The summed E-state index contributed by atoms with van der Waals surface area (Å²) in [6.07, 6.45) is 2.66. The normalized spacial score (nSPS) is 11.9. The maximum Gasteiger partial charge on any atom is 0.254 e. The van der Waals surface area contributed by atoms with Crippen LogP contribution in [0, 0.1) is 0 Å². The molecule has 1 aromatic heterocycles. The number of nitrogens with zero attached hydrogens (tertiary/aromatic N) is 3. The van der Waals surface area contributed by atoms with Crippen LogP contribution in [-0.2, 0) is 23.1 Å². The smallest absolute Gasteiger partial charge is 0.254 e. The Balaban J connectivity index is 2.23. The van der Waals surface area contributed by atoms with Gasteiger partial charge in [0, 0.05) is 44.2 Å². The third-order valence-corrected chi connectivity index (χ3v) is 5.92. The van der Waals surface area contributed by atoms with Crippen molar-refractivity contribution in [2.75, 3.05) is 26.8 Å². The summed E-state index contributed by atoms with van der Waals surface area (Å²) in [5.74, 6) is -0.385. The van der Waals surface area contributed by atoms with Crippen LogP contribution in [0.2, 0.25) is 10.0 Å². The maximum atomic E-state index is 13.2. The maximum absolute atomic E-state index is 13.2. The second kappa shape index (κ2) is 11.4. The number of halogens is 2. The highest BCUT2D eigenvalue weighted by Gasteiger charge is 2.26. The van der Waals surface area contributed by atoms with Crippen molar-refractivity contribution >= 4 is 35.0 Å². The minimum Gasteiger partial charge on any atom is -0.383 e. The van der Waals surface area contributed by atoms with Crippen molar-refractivity contribution in [3.05, 3.63) is 57.8 Å². The largest absolute Gasteiger partial charge is 0.383 e. The molecule has 1 heterocycles. The van der Waals surface area contributed by atoms with Crippen molar-refractivity contribution < 1.29 is 14.3 Å². The highest BCUT2D eigenvalue weighted by molar-refractivity contribution is 6.42. The zero-order valence-corrected chi connectivity index (χ0v) is 19.4. The molecule has 0 radical (unpaired) electrons. The first kappa shape index (κ1) is 24.3. The van der Waals surface area contributed by atoms with Gasteiger partial charge in [-0.05, 0) is 43.7 Å². The number of rotatable bonds is 10. The summed E-state index contributed by atoms with van der Waals surface area (Å²) in [5.41, 5.74) is 1.41. The van der Waals surface area contributed by atoms with Crippen molar-refractivity contribution in [2.45, 2.75) is 32.9 Å². The van der Waals surface area contributed by atoms with Crippen LogP contribution in [-0.4, -0.2) is 59.0 Å². The highest BCUT2D eigenvalue weighted by atomic mass is 35.5. The van der Waals surface area contributed by atoms with E-state index >= 15 is 0 Å². The lowest BCUT2D eigenvalue weighted by atomic mass is 10.1.